The van der Waals surface area contributed by atoms with Gasteiger partial charge in [0.05, 0.1) is 0 Å². The Morgan fingerprint density at radius 2 is 1.95 bits per heavy atom. The highest BCUT2D eigenvalue weighted by molar-refractivity contribution is 5.49. The second-order valence-corrected chi connectivity index (χ2v) is 8.50. The summed E-state index contributed by atoms with van der Waals surface area (Å²) in [5.41, 5.74) is 4.23. The lowest BCUT2D eigenvalue weighted by molar-refractivity contribution is 0.0405. The van der Waals surface area contributed by atoms with Gasteiger partial charge < -0.3 is 10.2 Å². The Hall–Kier alpha value is -1.02. The zero-order chi connectivity index (χ0) is 16.1. The van der Waals surface area contributed by atoms with Crippen molar-refractivity contribution in [3.05, 3.63) is 28.8 Å². The molecule has 22 heavy (non-hydrogen) atoms. The quantitative estimate of drug-likeness (QED) is 0.843. The number of aliphatic hydroxyl groups is 1. The van der Waals surface area contributed by atoms with Crippen LogP contribution >= 0.6 is 0 Å². The minimum absolute atomic E-state index is 0.00127. The molecule has 0 amide bonds. The molecule has 1 fully saturated rings. The van der Waals surface area contributed by atoms with Crippen molar-refractivity contribution in [3.63, 3.8) is 0 Å². The molecule has 2 aliphatic rings. The summed E-state index contributed by atoms with van der Waals surface area (Å²) in [4.78, 5) is 0. The predicted molar refractivity (Wildman–Crippen MR) is 90.4 cm³/mol. The summed E-state index contributed by atoms with van der Waals surface area (Å²) < 4.78 is 0. The second kappa shape index (κ2) is 5.26. The zero-order valence-corrected chi connectivity index (χ0v) is 14.4. The Labute approximate surface area is 134 Å². The number of aryl methyl sites for hydroxylation is 1. The van der Waals surface area contributed by atoms with E-state index in [-0.39, 0.29) is 17.9 Å². The number of fused-ring (bicyclic) bond motifs is 3. The van der Waals surface area contributed by atoms with E-state index in [1.807, 2.05) is 13.0 Å². The minimum atomic E-state index is -0.00127. The van der Waals surface area contributed by atoms with Crippen molar-refractivity contribution < 1.29 is 10.2 Å². The molecule has 3 atom stereocenters. The van der Waals surface area contributed by atoms with Gasteiger partial charge in [0.2, 0.25) is 0 Å². The summed E-state index contributed by atoms with van der Waals surface area (Å²) in [5.74, 6) is 1.06. The van der Waals surface area contributed by atoms with Crippen LogP contribution in [-0.4, -0.2) is 16.8 Å². The molecule has 0 aliphatic heterocycles. The average Bonchev–Trinajstić information content (AvgIpc) is 2.45. The smallest absolute Gasteiger partial charge is 0.119 e. The van der Waals surface area contributed by atoms with Crippen molar-refractivity contribution in [2.24, 2.45) is 11.3 Å². The molecule has 1 aromatic rings. The fraction of sp³-hybridized carbons (Fsp3) is 0.700. The first-order valence-electron chi connectivity index (χ1n) is 8.77. The summed E-state index contributed by atoms with van der Waals surface area (Å²) in [6, 6.07) is 4.18. The molecule has 1 aromatic carbocycles. The molecule has 0 saturated heterocycles. The third-order valence-electron chi connectivity index (χ3n) is 6.60. The summed E-state index contributed by atoms with van der Waals surface area (Å²) in [7, 11) is 0. The number of aromatic hydroxyl groups is 1. The molecule has 2 heteroatoms. The molecule has 0 bridgehead atoms. The minimum Gasteiger partial charge on any atom is -0.508 e. The van der Waals surface area contributed by atoms with Crippen LogP contribution in [0.25, 0.3) is 0 Å². The molecule has 2 aliphatic carbocycles. The van der Waals surface area contributed by atoms with Crippen LogP contribution in [0.4, 0.5) is 0 Å². The van der Waals surface area contributed by atoms with Gasteiger partial charge >= 0.3 is 0 Å². The molecule has 3 rings (SSSR count). The van der Waals surface area contributed by atoms with Crippen molar-refractivity contribution in [1.82, 2.24) is 0 Å². The molecule has 0 aromatic heterocycles. The maximum Gasteiger partial charge on any atom is 0.119 e. The number of benzene rings is 1. The number of phenolic OH excluding ortho intramolecular Hbond substituents is 1. The van der Waals surface area contributed by atoms with E-state index in [0.717, 1.165) is 12.0 Å². The maximum atomic E-state index is 10.5. The van der Waals surface area contributed by atoms with Crippen LogP contribution in [-0.2, 0) is 11.8 Å². The Balaban J connectivity index is 2.09. The van der Waals surface area contributed by atoms with Gasteiger partial charge in [-0.25, -0.2) is 0 Å². The van der Waals surface area contributed by atoms with Gasteiger partial charge in [0.15, 0.2) is 0 Å². The average molecular weight is 302 g/mol. The SMILES string of the molecule is CC(CO)c1cc2c(cc1O)C1(C)CCCC(C)(C)C1CC2. The van der Waals surface area contributed by atoms with E-state index in [2.05, 4.69) is 26.8 Å². The Bertz CT molecular complexity index is 575. The first-order valence-corrected chi connectivity index (χ1v) is 8.77. The van der Waals surface area contributed by atoms with Gasteiger partial charge in [-0.1, -0.05) is 40.2 Å². The fourth-order valence-electron chi connectivity index (χ4n) is 5.34. The van der Waals surface area contributed by atoms with E-state index in [1.165, 1.54) is 36.8 Å². The van der Waals surface area contributed by atoms with E-state index in [1.54, 1.807) is 0 Å². The number of rotatable bonds is 2. The summed E-state index contributed by atoms with van der Waals surface area (Å²) >= 11 is 0. The molecule has 122 valence electrons. The van der Waals surface area contributed by atoms with E-state index in [9.17, 15) is 10.2 Å². The monoisotopic (exact) mass is 302 g/mol. The van der Waals surface area contributed by atoms with Crippen molar-refractivity contribution in [1.29, 1.82) is 0 Å². The van der Waals surface area contributed by atoms with Gasteiger partial charge in [0, 0.05) is 12.5 Å². The van der Waals surface area contributed by atoms with E-state index in [4.69, 9.17) is 0 Å². The Morgan fingerprint density at radius 3 is 2.64 bits per heavy atom. The van der Waals surface area contributed by atoms with Gasteiger partial charge in [0.1, 0.15) is 5.75 Å². The number of aliphatic hydroxyl groups excluding tert-OH is 1. The molecule has 1 saturated carbocycles. The van der Waals surface area contributed by atoms with Gasteiger partial charge in [-0.05, 0) is 65.2 Å². The van der Waals surface area contributed by atoms with Gasteiger partial charge in [0.25, 0.3) is 0 Å². The van der Waals surface area contributed by atoms with Crippen molar-refractivity contribution >= 4 is 0 Å². The molecule has 0 heterocycles. The highest BCUT2D eigenvalue weighted by Crippen LogP contribution is 2.57. The first-order chi connectivity index (χ1) is 10.3. The fourth-order valence-corrected chi connectivity index (χ4v) is 5.34. The van der Waals surface area contributed by atoms with Crippen LogP contribution in [0.2, 0.25) is 0 Å². The topological polar surface area (TPSA) is 40.5 Å². The van der Waals surface area contributed by atoms with Crippen molar-refractivity contribution in [2.75, 3.05) is 6.61 Å². The Kier molecular flexibility index (Phi) is 3.79. The van der Waals surface area contributed by atoms with Crippen LogP contribution in [0.3, 0.4) is 0 Å². The van der Waals surface area contributed by atoms with E-state index >= 15 is 0 Å². The maximum absolute atomic E-state index is 10.5. The summed E-state index contributed by atoms with van der Waals surface area (Å²) in [5, 5.41) is 19.9. The lowest BCUT2D eigenvalue weighted by Crippen LogP contribution is -2.47. The molecule has 0 spiro atoms. The van der Waals surface area contributed by atoms with Gasteiger partial charge in [-0.15, -0.1) is 0 Å². The van der Waals surface area contributed by atoms with Crippen LogP contribution in [0.15, 0.2) is 12.1 Å². The third-order valence-corrected chi connectivity index (χ3v) is 6.60. The third kappa shape index (κ3) is 2.27. The van der Waals surface area contributed by atoms with Crippen LogP contribution in [0.1, 0.15) is 76.0 Å². The molecule has 3 unspecified atom stereocenters. The predicted octanol–water partition coefficient (Wildman–Crippen LogP) is 4.52. The second-order valence-electron chi connectivity index (χ2n) is 8.50. The van der Waals surface area contributed by atoms with Crippen molar-refractivity contribution in [3.8, 4) is 5.75 Å². The number of phenols is 1. The highest BCUT2D eigenvalue weighted by atomic mass is 16.3. The number of hydrogen-bond acceptors (Lipinski definition) is 2. The molecule has 0 radical (unpaired) electrons. The van der Waals surface area contributed by atoms with Crippen LogP contribution in [0, 0.1) is 11.3 Å². The highest BCUT2D eigenvalue weighted by Gasteiger charge is 2.49. The van der Waals surface area contributed by atoms with Crippen LogP contribution < -0.4 is 0 Å². The summed E-state index contributed by atoms with van der Waals surface area (Å²) in [6.45, 7) is 9.30. The molecule has 2 N–H and O–H groups in total. The van der Waals surface area contributed by atoms with Gasteiger partial charge in [-0.3, -0.25) is 0 Å². The van der Waals surface area contributed by atoms with E-state index < -0.39 is 0 Å². The molecular weight excluding hydrogens is 272 g/mol. The standard InChI is InChI=1S/C20H30O2/c1-13(12-21)15-10-14-6-7-18-19(2,3)8-5-9-20(18,4)16(14)11-17(15)22/h10-11,13,18,21-22H,5-9,12H2,1-4H3. The van der Waals surface area contributed by atoms with Crippen LogP contribution in [0.5, 0.6) is 5.75 Å². The zero-order valence-electron chi connectivity index (χ0n) is 14.4. The lowest BCUT2D eigenvalue weighted by atomic mass is 9.50. The first kappa shape index (κ1) is 15.9. The molecular formula is C20H30O2. The normalized spacial score (nSPS) is 31.2. The molecule has 2 nitrogen and oxygen atoms in total. The Morgan fingerprint density at radius 1 is 1.23 bits per heavy atom. The van der Waals surface area contributed by atoms with Crippen molar-refractivity contribution in [2.45, 2.75) is 71.1 Å². The largest absolute Gasteiger partial charge is 0.508 e. The number of hydrogen-bond donors (Lipinski definition) is 2. The summed E-state index contributed by atoms with van der Waals surface area (Å²) in [6.07, 6.45) is 6.16. The van der Waals surface area contributed by atoms with Gasteiger partial charge in [-0.2, -0.15) is 0 Å². The van der Waals surface area contributed by atoms with E-state index in [0.29, 0.717) is 17.1 Å². The lowest BCUT2D eigenvalue weighted by Gasteiger charge is -2.54.